The highest BCUT2D eigenvalue weighted by Crippen LogP contribution is 2.30. The molecule has 0 bridgehead atoms. The van der Waals surface area contributed by atoms with Crippen molar-refractivity contribution in [3.05, 3.63) is 87.7 Å². The van der Waals surface area contributed by atoms with Crippen molar-refractivity contribution in [2.45, 2.75) is 19.4 Å². The number of benzene rings is 1. The monoisotopic (exact) mass is 499 g/mol. The van der Waals surface area contributed by atoms with Gasteiger partial charge in [0.25, 0.3) is 5.91 Å². The molecule has 1 aromatic carbocycles. The van der Waals surface area contributed by atoms with Crippen LogP contribution >= 0.6 is 11.3 Å². The summed E-state index contributed by atoms with van der Waals surface area (Å²) >= 11 is 1.35. The van der Waals surface area contributed by atoms with E-state index in [1.54, 1.807) is 24.4 Å². The van der Waals surface area contributed by atoms with Crippen LogP contribution in [0.3, 0.4) is 0 Å². The summed E-state index contributed by atoms with van der Waals surface area (Å²) in [7, 11) is 0. The molecule has 1 aliphatic heterocycles. The first-order valence-corrected chi connectivity index (χ1v) is 13.0. The Kier molecular flexibility index (Phi) is 6.97. The molecule has 0 aliphatic carbocycles. The lowest BCUT2D eigenvalue weighted by atomic mass is 10.1. The molecule has 1 aliphatic rings. The van der Waals surface area contributed by atoms with Gasteiger partial charge in [0.05, 0.1) is 27.8 Å². The van der Waals surface area contributed by atoms with Crippen LogP contribution < -0.4 is 16.1 Å². The minimum Gasteiger partial charge on any atom is -0.380 e. The second-order valence-corrected chi connectivity index (χ2v) is 9.87. The molecule has 184 valence electrons. The maximum absolute atomic E-state index is 13.7. The lowest BCUT2D eigenvalue weighted by Gasteiger charge is -2.15. The zero-order valence-electron chi connectivity index (χ0n) is 20.1. The lowest BCUT2D eigenvalue weighted by Crippen LogP contribution is -2.35. The second kappa shape index (κ2) is 10.5. The van der Waals surface area contributed by atoms with Crippen LogP contribution in [-0.2, 0) is 6.54 Å². The SMILES string of the molecule is C=Cc1sc2c(C(=O)NCCN3CCCC3)c(=O)c3cc(NCc4ccccc4)cnc3n2c1C=C. The minimum absolute atomic E-state index is 0.132. The average molecular weight is 500 g/mol. The molecule has 4 heterocycles. The maximum Gasteiger partial charge on any atom is 0.258 e. The van der Waals surface area contributed by atoms with E-state index in [2.05, 4.69) is 33.7 Å². The fourth-order valence-corrected chi connectivity index (χ4v) is 5.82. The van der Waals surface area contributed by atoms with Gasteiger partial charge in [0.2, 0.25) is 5.43 Å². The average Bonchev–Trinajstić information content (AvgIpc) is 3.56. The van der Waals surface area contributed by atoms with Crippen molar-refractivity contribution in [2.75, 3.05) is 31.5 Å². The number of fused-ring (bicyclic) bond motifs is 3. The molecule has 1 saturated heterocycles. The Labute approximate surface area is 213 Å². The number of carbonyl (C=O) groups excluding carboxylic acids is 1. The summed E-state index contributed by atoms with van der Waals surface area (Å²) in [6, 6.07) is 11.8. The fourth-order valence-electron chi connectivity index (χ4n) is 4.69. The van der Waals surface area contributed by atoms with E-state index >= 15 is 0 Å². The van der Waals surface area contributed by atoms with E-state index in [1.807, 2.05) is 34.7 Å². The van der Waals surface area contributed by atoms with Crippen LogP contribution in [0.15, 0.2) is 60.5 Å². The normalized spacial score (nSPS) is 13.8. The predicted octanol–water partition coefficient (Wildman–Crippen LogP) is 4.63. The maximum atomic E-state index is 13.7. The summed E-state index contributed by atoms with van der Waals surface area (Å²) in [5.74, 6) is -0.367. The van der Waals surface area contributed by atoms with Crippen LogP contribution in [0.1, 0.15) is 39.3 Å². The topological polar surface area (TPSA) is 78.7 Å². The Hall–Kier alpha value is -3.75. The Morgan fingerprint density at radius 2 is 1.92 bits per heavy atom. The third-order valence-corrected chi connectivity index (χ3v) is 7.70. The summed E-state index contributed by atoms with van der Waals surface area (Å²) in [6.45, 7) is 11.8. The van der Waals surface area contributed by atoms with Crippen molar-refractivity contribution in [3.8, 4) is 0 Å². The Bertz CT molecular complexity index is 1500. The van der Waals surface area contributed by atoms with Gasteiger partial charge >= 0.3 is 0 Å². The third kappa shape index (κ3) is 4.57. The number of likely N-dealkylation sites (tertiary alicyclic amines) is 1. The smallest absolute Gasteiger partial charge is 0.258 e. The van der Waals surface area contributed by atoms with Crippen LogP contribution in [0.4, 0.5) is 5.69 Å². The summed E-state index contributed by atoms with van der Waals surface area (Å²) in [5, 5.41) is 6.69. The first-order valence-electron chi connectivity index (χ1n) is 12.1. The summed E-state index contributed by atoms with van der Waals surface area (Å²) in [4.78, 5) is 35.4. The molecule has 8 heteroatoms. The molecular formula is C28H29N5O2S. The van der Waals surface area contributed by atoms with Crippen molar-refractivity contribution in [2.24, 2.45) is 0 Å². The molecule has 36 heavy (non-hydrogen) atoms. The highest BCUT2D eigenvalue weighted by molar-refractivity contribution is 7.19. The molecule has 0 spiro atoms. The van der Waals surface area contributed by atoms with Gasteiger partial charge in [0.1, 0.15) is 16.0 Å². The summed E-state index contributed by atoms with van der Waals surface area (Å²) in [6.07, 6.45) is 7.53. The van der Waals surface area contributed by atoms with E-state index in [4.69, 9.17) is 0 Å². The van der Waals surface area contributed by atoms with Gasteiger partial charge in [0.15, 0.2) is 0 Å². The Morgan fingerprint density at radius 1 is 1.14 bits per heavy atom. The minimum atomic E-state index is -0.367. The second-order valence-electron chi connectivity index (χ2n) is 8.84. The van der Waals surface area contributed by atoms with Crippen LogP contribution in [0.5, 0.6) is 0 Å². The van der Waals surface area contributed by atoms with Gasteiger partial charge in [-0.25, -0.2) is 4.98 Å². The van der Waals surface area contributed by atoms with Crippen molar-refractivity contribution < 1.29 is 4.79 Å². The summed E-state index contributed by atoms with van der Waals surface area (Å²) in [5.41, 5.74) is 2.89. The number of hydrogen-bond acceptors (Lipinski definition) is 6. The molecule has 0 atom stereocenters. The quantitative estimate of drug-likeness (QED) is 0.351. The molecule has 1 fully saturated rings. The number of carbonyl (C=O) groups is 1. The van der Waals surface area contributed by atoms with Gasteiger partial charge in [-0.1, -0.05) is 43.5 Å². The number of pyridine rings is 2. The van der Waals surface area contributed by atoms with Gasteiger partial charge in [0, 0.05) is 19.6 Å². The van der Waals surface area contributed by atoms with Gasteiger partial charge in [-0.15, -0.1) is 11.3 Å². The highest BCUT2D eigenvalue weighted by Gasteiger charge is 2.24. The molecule has 7 nitrogen and oxygen atoms in total. The van der Waals surface area contributed by atoms with Crippen molar-refractivity contribution >= 4 is 50.9 Å². The number of amides is 1. The van der Waals surface area contributed by atoms with E-state index in [0.717, 1.165) is 35.8 Å². The van der Waals surface area contributed by atoms with E-state index in [9.17, 15) is 9.59 Å². The molecular weight excluding hydrogens is 470 g/mol. The number of thiazole rings is 1. The van der Waals surface area contributed by atoms with Crippen molar-refractivity contribution in [1.82, 2.24) is 19.6 Å². The van der Waals surface area contributed by atoms with Gasteiger partial charge in [-0.3, -0.25) is 14.0 Å². The number of nitrogens with one attached hydrogen (secondary N) is 2. The van der Waals surface area contributed by atoms with Crippen molar-refractivity contribution in [3.63, 3.8) is 0 Å². The molecule has 0 radical (unpaired) electrons. The van der Waals surface area contributed by atoms with E-state index in [1.165, 1.54) is 24.2 Å². The zero-order valence-corrected chi connectivity index (χ0v) is 20.9. The van der Waals surface area contributed by atoms with Crippen molar-refractivity contribution in [1.29, 1.82) is 0 Å². The molecule has 0 saturated carbocycles. The Morgan fingerprint density at radius 3 is 2.64 bits per heavy atom. The largest absolute Gasteiger partial charge is 0.380 e. The first kappa shape index (κ1) is 24.0. The first-order chi connectivity index (χ1) is 17.6. The molecule has 3 aromatic heterocycles. The van der Waals surface area contributed by atoms with E-state index in [0.29, 0.717) is 34.6 Å². The van der Waals surface area contributed by atoms with Gasteiger partial charge < -0.3 is 15.5 Å². The number of rotatable bonds is 9. The number of aromatic nitrogens is 2. The predicted molar refractivity (Wildman–Crippen MR) is 149 cm³/mol. The van der Waals surface area contributed by atoms with Crippen LogP contribution in [0, 0.1) is 0 Å². The molecule has 2 N–H and O–H groups in total. The third-order valence-electron chi connectivity index (χ3n) is 6.52. The molecule has 0 unspecified atom stereocenters. The van der Waals surface area contributed by atoms with Gasteiger partial charge in [-0.05, 0) is 49.7 Å². The number of anilines is 1. The fraction of sp³-hybridized carbons (Fsp3) is 0.250. The molecule has 4 aromatic rings. The van der Waals surface area contributed by atoms with Crippen LogP contribution in [0.25, 0.3) is 28.0 Å². The molecule has 1 amide bonds. The number of hydrogen-bond donors (Lipinski definition) is 2. The highest BCUT2D eigenvalue weighted by atomic mass is 32.1. The van der Waals surface area contributed by atoms with E-state index in [-0.39, 0.29) is 16.9 Å². The van der Waals surface area contributed by atoms with Crippen LogP contribution in [0.2, 0.25) is 0 Å². The summed E-state index contributed by atoms with van der Waals surface area (Å²) < 4.78 is 1.85. The van der Waals surface area contributed by atoms with Crippen LogP contribution in [-0.4, -0.2) is 46.4 Å². The van der Waals surface area contributed by atoms with Gasteiger partial charge in [-0.2, -0.15) is 0 Å². The number of nitrogens with zero attached hydrogens (tertiary/aromatic N) is 3. The lowest BCUT2D eigenvalue weighted by molar-refractivity contribution is 0.0950. The Balaban J connectivity index is 1.56. The zero-order chi connectivity index (χ0) is 25.1. The molecule has 5 rings (SSSR count). The standard InChI is InChI=1S/C28H29N5O2S/c1-3-22-23(4-2)36-28-24(27(35)29-12-15-32-13-8-9-14-32)25(34)21-16-20(18-31-26(21)33(22)28)30-17-19-10-6-5-7-11-19/h3-7,10-11,16,18,30H,1-2,8-9,12-15,17H2,(H,29,35). The van der Waals surface area contributed by atoms with E-state index < -0.39 is 0 Å².